The third-order valence-electron chi connectivity index (χ3n) is 4.48. The summed E-state index contributed by atoms with van der Waals surface area (Å²) in [6.07, 6.45) is 3.28. The van der Waals surface area contributed by atoms with Crippen molar-refractivity contribution in [2.24, 2.45) is 5.92 Å². The van der Waals surface area contributed by atoms with Crippen LogP contribution in [0, 0.1) is 5.92 Å². The molecule has 96 valence electrons. The van der Waals surface area contributed by atoms with Crippen molar-refractivity contribution in [1.29, 1.82) is 0 Å². The van der Waals surface area contributed by atoms with Crippen LogP contribution in [-0.4, -0.2) is 23.7 Å². The first kappa shape index (κ1) is 11.7. The molecule has 0 aromatic heterocycles. The zero-order valence-corrected chi connectivity index (χ0v) is 10.4. The summed E-state index contributed by atoms with van der Waals surface area (Å²) in [7, 11) is 0. The maximum Gasteiger partial charge on any atom is 0.303 e. The van der Waals surface area contributed by atoms with Crippen molar-refractivity contribution < 1.29 is 9.90 Å². The van der Waals surface area contributed by atoms with Crippen molar-refractivity contribution >= 4 is 5.97 Å². The number of hydrogen-bond acceptors (Lipinski definition) is 2. The molecular formula is C15H19NO2. The van der Waals surface area contributed by atoms with Crippen LogP contribution in [0.1, 0.15) is 36.3 Å². The largest absolute Gasteiger partial charge is 0.481 e. The van der Waals surface area contributed by atoms with Gasteiger partial charge < -0.3 is 10.4 Å². The molecule has 0 spiro atoms. The molecule has 0 amide bonds. The van der Waals surface area contributed by atoms with Crippen LogP contribution in [0.15, 0.2) is 24.3 Å². The third kappa shape index (κ3) is 2.03. The Balaban J connectivity index is 1.87. The van der Waals surface area contributed by atoms with E-state index in [0.717, 1.165) is 25.8 Å². The fourth-order valence-corrected chi connectivity index (χ4v) is 3.69. The molecule has 3 nitrogen and oxygen atoms in total. The molecule has 2 bridgehead atoms. The van der Waals surface area contributed by atoms with Crippen molar-refractivity contribution in [3.8, 4) is 0 Å². The predicted molar refractivity (Wildman–Crippen MR) is 69.7 cm³/mol. The van der Waals surface area contributed by atoms with Gasteiger partial charge >= 0.3 is 5.97 Å². The van der Waals surface area contributed by atoms with Gasteiger partial charge in [0.05, 0.1) is 0 Å². The average Bonchev–Trinajstić information content (AvgIpc) is 2.36. The fraction of sp³-hybridized carbons (Fsp3) is 0.533. The quantitative estimate of drug-likeness (QED) is 0.858. The number of hydrogen-bond donors (Lipinski definition) is 2. The van der Waals surface area contributed by atoms with E-state index in [2.05, 4.69) is 29.6 Å². The summed E-state index contributed by atoms with van der Waals surface area (Å²) in [4.78, 5) is 10.8. The molecule has 3 unspecified atom stereocenters. The van der Waals surface area contributed by atoms with E-state index in [4.69, 9.17) is 5.11 Å². The SMILES string of the molecule is O=C(O)CCC1C2Cc3ccccc3C1CCN2. The summed E-state index contributed by atoms with van der Waals surface area (Å²) in [6, 6.07) is 9.13. The van der Waals surface area contributed by atoms with Crippen LogP contribution in [0.4, 0.5) is 0 Å². The van der Waals surface area contributed by atoms with Crippen LogP contribution in [-0.2, 0) is 11.2 Å². The van der Waals surface area contributed by atoms with E-state index >= 15 is 0 Å². The molecule has 1 heterocycles. The molecule has 1 aromatic carbocycles. The number of carboxylic acids is 1. The Morgan fingerprint density at radius 2 is 2.22 bits per heavy atom. The van der Waals surface area contributed by atoms with Gasteiger partial charge in [-0.2, -0.15) is 0 Å². The summed E-state index contributed by atoms with van der Waals surface area (Å²) < 4.78 is 0. The minimum Gasteiger partial charge on any atom is -0.481 e. The Morgan fingerprint density at radius 1 is 1.39 bits per heavy atom. The zero-order valence-electron chi connectivity index (χ0n) is 10.4. The van der Waals surface area contributed by atoms with Gasteiger partial charge in [-0.3, -0.25) is 4.79 Å². The van der Waals surface area contributed by atoms with Crippen molar-refractivity contribution in [3.63, 3.8) is 0 Å². The van der Waals surface area contributed by atoms with Gasteiger partial charge in [0.15, 0.2) is 0 Å². The lowest BCUT2D eigenvalue weighted by Crippen LogP contribution is -2.49. The van der Waals surface area contributed by atoms with E-state index in [9.17, 15) is 4.79 Å². The number of piperidine rings is 1. The topological polar surface area (TPSA) is 49.3 Å². The van der Waals surface area contributed by atoms with Gasteiger partial charge in [-0.15, -0.1) is 0 Å². The molecule has 1 aliphatic carbocycles. The highest BCUT2D eigenvalue weighted by atomic mass is 16.4. The molecule has 0 radical (unpaired) electrons. The summed E-state index contributed by atoms with van der Waals surface area (Å²) in [6.45, 7) is 1.06. The highest BCUT2D eigenvalue weighted by Crippen LogP contribution is 2.42. The van der Waals surface area contributed by atoms with Crippen molar-refractivity contribution in [1.82, 2.24) is 5.32 Å². The Morgan fingerprint density at radius 3 is 3.06 bits per heavy atom. The van der Waals surface area contributed by atoms with E-state index in [-0.39, 0.29) is 0 Å². The lowest BCUT2D eigenvalue weighted by Gasteiger charge is -2.44. The molecule has 1 saturated heterocycles. The number of carboxylic acid groups (broad SMARTS) is 1. The monoisotopic (exact) mass is 245 g/mol. The molecular weight excluding hydrogens is 226 g/mol. The van der Waals surface area contributed by atoms with Crippen LogP contribution < -0.4 is 5.32 Å². The average molecular weight is 245 g/mol. The predicted octanol–water partition coefficient (Wildman–Crippen LogP) is 2.17. The first-order chi connectivity index (χ1) is 8.75. The standard InChI is InChI=1S/C15H19NO2/c17-15(18)6-5-13-12-7-8-16-14(13)9-10-3-1-2-4-11(10)12/h1-4,12-14,16H,5-9H2,(H,17,18). The second-order valence-electron chi connectivity index (χ2n) is 5.45. The van der Waals surface area contributed by atoms with Crippen LogP contribution in [0.2, 0.25) is 0 Å². The van der Waals surface area contributed by atoms with Gasteiger partial charge in [-0.25, -0.2) is 0 Å². The zero-order chi connectivity index (χ0) is 12.5. The summed E-state index contributed by atoms with van der Waals surface area (Å²) >= 11 is 0. The fourth-order valence-electron chi connectivity index (χ4n) is 3.69. The highest BCUT2D eigenvalue weighted by molar-refractivity contribution is 5.66. The second kappa shape index (κ2) is 4.73. The molecule has 1 fully saturated rings. The Hall–Kier alpha value is -1.35. The van der Waals surface area contributed by atoms with Gasteiger partial charge in [0.25, 0.3) is 0 Å². The minimum atomic E-state index is -0.674. The number of benzene rings is 1. The van der Waals surface area contributed by atoms with Gasteiger partial charge in [0, 0.05) is 12.5 Å². The van der Waals surface area contributed by atoms with Crippen LogP contribution in [0.25, 0.3) is 0 Å². The van der Waals surface area contributed by atoms with E-state index in [1.165, 1.54) is 11.1 Å². The summed E-state index contributed by atoms with van der Waals surface area (Å²) in [5, 5.41) is 12.5. The van der Waals surface area contributed by atoms with Crippen molar-refractivity contribution in [2.45, 2.75) is 37.6 Å². The van der Waals surface area contributed by atoms with Gasteiger partial charge in [0.2, 0.25) is 0 Å². The molecule has 2 N–H and O–H groups in total. The maximum absolute atomic E-state index is 10.8. The summed E-state index contributed by atoms with van der Waals surface area (Å²) in [5.41, 5.74) is 2.91. The van der Waals surface area contributed by atoms with E-state index in [1.807, 2.05) is 0 Å². The van der Waals surface area contributed by atoms with E-state index < -0.39 is 5.97 Å². The van der Waals surface area contributed by atoms with Gasteiger partial charge in [0.1, 0.15) is 0 Å². The maximum atomic E-state index is 10.8. The molecule has 0 saturated carbocycles. The van der Waals surface area contributed by atoms with Crippen LogP contribution >= 0.6 is 0 Å². The first-order valence-corrected chi connectivity index (χ1v) is 6.78. The van der Waals surface area contributed by atoms with Gasteiger partial charge in [-0.05, 0) is 48.8 Å². The van der Waals surface area contributed by atoms with E-state index in [0.29, 0.717) is 24.3 Å². The Bertz CT molecular complexity index is 458. The number of fused-ring (bicyclic) bond motifs is 4. The van der Waals surface area contributed by atoms with E-state index in [1.54, 1.807) is 0 Å². The summed E-state index contributed by atoms with van der Waals surface area (Å²) in [5.74, 6) is 0.372. The number of nitrogens with one attached hydrogen (secondary N) is 1. The number of aliphatic carboxylic acids is 1. The molecule has 2 aliphatic rings. The molecule has 1 aromatic rings. The third-order valence-corrected chi connectivity index (χ3v) is 4.48. The van der Waals surface area contributed by atoms with Crippen molar-refractivity contribution in [3.05, 3.63) is 35.4 Å². The molecule has 3 atom stereocenters. The Labute approximate surface area is 107 Å². The second-order valence-corrected chi connectivity index (χ2v) is 5.45. The lowest BCUT2D eigenvalue weighted by molar-refractivity contribution is -0.137. The number of rotatable bonds is 3. The minimum absolute atomic E-state index is 0.293. The Kier molecular flexibility index (Phi) is 3.08. The van der Waals surface area contributed by atoms with Crippen molar-refractivity contribution in [2.75, 3.05) is 6.54 Å². The molecule has 1 aliphatic heterocycles. The van der Waals surface area contributed by atoms with Crippen LogP contribution in [0.3, 0.4) is 0 Å². The normalized spacial score (nSPS) is 29.7. The number of carbonyl (C=O) groups is 1. The molecule has 3 heteroatoms. The molecule has 18 heavy (non-hydrogen) atoms. The first-order valence-electron chi connectivity index (χ1n) is 6.78. The van der Waals surface area contributed by atoms with Crippen LogP contribution in [0.5, 0.6) is 0 Å². The lowest BCUT2D eigenvalue weighted by atomic mass is 9.67. The highest BCUT2D eigenvalue weighted by Gasteiger charge is 2.38. The molecule has 3 rings (SSSR count). The van der Waals surface area contributed by atoms with Gasteiger partial charge in [-0.1, -0.05) is 24.3 Å². The smallest absolute Gasteiger partial charge is 0.303 e.